The summed E-state index contributed by atoms with van der Waals surface area (Å²) in [6.45, 7) is 9.50. The van der Waals surface area contributed by atoms with Gasteiger partial charge in [0.05, 0.1) is 26.4 Å². The van der Waals surface area contributed by atoms with E-state index in [0.717, 1.165) is 115 Å². The fraction of sp³-hybridized carbons (Fsp3) is 0.944. The summed E-state index contributed by atoms with van der Waals surface area (Å²) in [6, 6.07) is 0. The van der Waals surface area contributed by atoms with Gasteiger partial charge in [0.15, 0.2) is 12.2 Å². The van der Waals surface area contributed by atoms with Gasteiger partial charge in [-0.3, -0.25) is 37.3 Å². The van der Waals surface area contributed by atoms with Gasteiger partial charge in [0.1, 0.15) is 19.3 Å². The molecule has 0 aromatic rings. The van der Waals surface area contributed by atoms with Crippen LogP contribution >= 0.6 is 15.6 Å². The van der Waals surface area contributed by atoms with Crippen molar-refractivity contribution in [2.75, 3.05) is 39.6 Å². The summed E-state index contributed by atoms with van der Waals surface area (Å²) in [5.41, 5.74) is 0. The monoisotopic (exact) mass is 1320 g/mol. The molecule has 0 aromatic carbocycles. The van der Waals surface area contributed by atoms with E-state index in [9.17, 15) is 43.2 Å². The molecule has 17 nitrogen and oxygen atoms in total. The van der Waals surface area contributed by atoms with E-state index in [1.165, 1.54) is 167 Å². The molecule has 90 heavy (non-hydrogen) atoms. The smallest absolute Gasteiger partial charge is 0.462 e. The Kier molecular flexibility index (Phi) is 61.8. The largest absolute Gasteiger partial charge is 0.472 e. The second-order valence-electron chi connectivity index (χ2n) is 26.6. The zero-order chi connectivity index (χ0) is 66.5. The Bertz CT molecular complexity index is 1750. The Hall–Kier alpha value is -1.94. The van der Waals surface area contributed by atoms with E-state index in [2.05, 4.69) is 41.5 Å². The first-order valence-corrected chi connectivity index (χ1v) is 40.0. The molecule has 3 N–H and O–H groups in total. The first-order valence-electron chi connectivity index (χ1n) is 37.0. The molecule has 0 aliphatic carbocycles. The number of phosphoric ester groups is 2. The molecule has 0 aliphatic rings. The lowest BCUT2D eigenvalue weighted by atomic mass is 10.0. The third-order valence-corrected chi connectivity index (χ3v) is 18.4. The van der Waals surface area contributed by atoms with Gasteiger partial charge >= 0.3 is 39.5 Å². The van der Waals surface area contributed by atoms with E-state index < -0.39 is 97.5 Å². The molecule has 19 heteroatoms. The molecule has 5 atom stereocenters. The van der Waals surface area contributed by atoms with Crippen molar-refractivity contribution >= 4 is 39.5 Å². The van der Waals surface area contributed by atoms with Crippen LogP contribution in [0.4, 0.5) is 0 Å². The molecule has 0 saturated heterocycles. The number of hydrogen-bond acceptors (Lipinski definition) is 15. The van der Waals surface area contributed by atoms with Crippen LogP contribution in [-0.4, -0.2) is 96.7 Å². The predicted octanol–water partition coefficient (Wildman–Crippen LogP) is 20.4. The van der Waals surface area contributed by atoms with E-state index in [4.69, 9.17) is 37.0 Å². The SMILES string of the molecule is CCCCCCCCCCCCCCCCC(=O)OC[C@H](COP(=O)(O)OC[C@@H](O)COP(=O)(O)OC[C@@H](COC(=O)CCCCCCCCC)OC(=O)CCCCCCCCCCC(C)C)OC(=O)CCCCCCCCCCCCCCCCCC(C)C. The molecule has 0 heterocycles. The highest BCUT2D eigenvalue weighted by molar-refractivity contribution is 7.47. The molecule has 0 radical (unpaired) electrons. The van der Waals surface area contributed by atoms with Crippen LogP contribution in [-0.2, 0) is 65.4 Å². The van der Waals surface area contributed by atoms with E-state index in [1.54, 1.807) is 0 Å². The first-order chi connectivity index (χ1) is 43.4. The van der Waals surface area contributed by atoms with Crippen molar-refractivity contribution in [1.82, 2.24) is 0 Å². The summed E-state index contributed by atoms with van der Waals surface area (Å²) < 4.78 is 68.2. The molecule has 534 valence electrons. The van der Waals surface area contributed by atoms with Crippen LogP contribution in [0.2, 0.25) is 0 Å². The number of aliphatic hydroxyl groups excluding tert-OH is 1. The van der Waals surface area contributed by atoms with E-state index in [-0.39, 0.29) is 25.7 Å². The zero-order valence-corrected chi connectivity index (χ0v) is 60.2. The van der Waals surface area contributed by atoms with Crippen molar-refractivity contribution in [2.45, 2.75) is 381 Å². The standard InChI is InChI=1S/C71H138O17P2/c1-7-9-11-13-15-16-17-18-23-26-29-36-42-48-54-69(74)82-60-67(87-70(75)55-49-43-37-30-27-24-21-19-20-22-25-28-34-39-45-51-63(3)4)62-86-90(79,80)84-58-65(72)57-83-89(77,78)85-61-66(59-81-68(73)53-47-41-33-14-12-10-8-2)88-71(76)56-50-44-38-32-31-35-40-46-52-64(5)6/h63-67,72H,7-62H2,1-6H3,(H,77,78)(H,79,80)/t65-,66+,67+/m0/s1. The van der Waals surface area contributed by atoms with Gasteiger partial charge in [-0.15, -0.1) is 0 Å². The van der Waals surface area contributed by atoms with Crippen LogP contribution in [0.3, 0.4) is 0 Å². The van der Waals surface area contributed by atoms with Gasteiger partial charge in [0.2, 0.25) is 0 Å². The highest BCUT2D eigenvalue weighted by Gasteiger charge is 2.30. The van der Waals surface area contributed by atoms with Crippen molar-refractivity contribution < 1.29 is 80.2 Å². The molecular formula is C71H138O17P2. The number of phosphoric acid groups is 2. The predicted molar refractivity (Wildman–Crippen MR) is 363 cm³/mol. The average molecular weight is 1330 g/mol. The molecule has 0 fully saturated rings. The lowest BCUT2D eigenvalue weighted by Crippen LogP contribution is -2.30. The quantitative estimate of drug-likeness (QED) is 0.0222. The second kappa shape index (κ2) is 63.1. The fourth-order valence-corrected chi connectivity index (χ4v) is 12.3. The third-order valence-electron chi connectivity index (χ3n) is 16.5. The number of ether oxygens (including phenoxy) is 4. The minimum absolute atomic E-state index is 0.104. The topological polar surface area (TPSA) is 237 Å². The fourth-order valence-electron chi connectivity index (χ4n) is 10.8. The zero-order valence-electron chi connectivity index (χ0n) is 58.4. The third kappa shape index (κ3) is 64.8. The van der Waals surface area contributed by atoms with Gasteiger partial charge in [-0.1, -0.05) is 311 Å². The van der Waals surface area contributed by atoms with E-state index in [1.807, 2.05) is 0 Å². The van der Waals surface area contributed by atoms with Gasteiger partial charge in [0.25, 0.3) is 0 Å². The van der Waals surface area contributed by atoms with Crippen LogP contribution in [0.15, 0.2) is 0 Å². The van der Waals surface area contributed by atoms with Crippen molar-refractivity contribution in [3.63, 3.8) is 0 Å². The number of rotatable bonds is 70. The lowest BCUT2D eigenvalue weighted by Gasteiger charge is -2.21. The van der Waals surface area contributed by atoms with Gasteiger partial charge in [-0.2, -0.15) is 0 Å². The van der Waals surface area contributed by atoms with E-state index >= 15 is 0 Å². The Morgan fingerprint density at radius 2 is 0.511 bits per heavy atom. The van der Waals surface area contributed by atoms with Crippen LogP contribution in [0.5, 0.6) is 0 Å². The molecule has 0 bridgehead atoms. The summed E-state index contributed by atoms with van der Waals surface area (Å²) in [5.74, 6) is -0.606. The van der Waals surface area contributed by atoms with Crippen LogP contribution < -0.4 is 0 Å². The lowest BCUT2D eigenvalue weighted by molar-refractivity contribution is -0.161. The summed E-state index contributed by atoms with van der Waals surface area (Å²) in [7, 11) is -9.90. The van der Waals surface area contributed by atoms with Crippen LogP contribution in [0.25, 0.3) is 0 Å². The van der Waals surface area contributed by atoms with E-state index in [0.29, 0.717) is 25.7 Å². The van der Waals surface area contributed by atoms with Crippen molar-refractivity contribution in [1.29, 1.82) is 0 Å². The second-order valence-corrected chi connectivity index (χ2v) is 29.5. The van der Waals surface area contributed by atoms with Gasteiger partial charge in [-0.25, -0.2) is 9.13 Å². The highest BCUT2D eigenvalue weighted by Crippen LogP contribution is 2.45. The maximum Gasteiger partial charge on any atom is 0.472 e. The minimum atomic E-state index is -4.95. The first kappa shape index (κ1) is 88.1. The van der Waals surface area contributed by atoms with Crippen molar-refractivity contribution in [2.24, 2.45) is 11.8 Å². The normalized spacial score (nSPS) is 14.1. The van der Waals surface area contributed by atoms with Gasteiger partial charge in [-0.05, 0) is 37.5 Å². The maximum absolute atomic E-state index is 13.0. The van der Waals surface area contributed by atoms with Gasteiger partial charge in [0, 0.05) is 25.7 Å². The number of esters is 4. The summed E-state index contributed by atoms with van der Waals surface area (Å²) in [6.07, 6.45) is 48.7. The molecule has 0 spiro atoms. The molecule has 0 aliphatic heterocycles. The number of carbonyl (C=O) groups is 4. The number of hydrogen-bond donors (Lipinski definition) is 3. The Morgan fingerprint density at radius 3 is 0.756 bits per heavy atom. The van der Waals surface area contributed by atoms with Crippen molar-refractivity contribution in [3.8, 4) is 0 Å². The summed E-state index contributed by atoms with van der Waals surface area (Å²) in [5, 5.41) is 10.6. The average Bonchev–Trinajstić information content (AvgIpc) is 3.24. The number of unbranched alkanes of at least 4 members (excludes halogenated alkanes) is 40. The minimum Gasteiger partial charge on any atom is -0.462 e. The Labute approximate surface area is 549 Å². The Morgan fingerprint density at radius 1 is 0.300 bits per heavy atom. The van der Waals surface area contributed by atoms with Crippen molar-refractivity contribution in [3.05, 3.63) is 0 Å². The maximum atomic E-state index is 13.0. The molecule has 0 rings (SSSR count). The Balaban J connectivity index is 5.19. The highest BCUT2D eigenvalue weighted by atomic mass is 31.2. The molecule has 0 saturated carbocycles. The summed E-state index contributed by atoms with van der Waals surface area (Å²) in [4.78, 5) is 72.4. The summed E-state index contributed by atoms with van der Waals surface area (Å²) >= 11 is 0. The molecular weight excluding hydrogens is 1190 g/mol. The number of aliphatic hydroxyl groups is 1. The van der Waals surface area contributed by atoms with Crippen LogP contribution in [0, 0.1) is 11.8 Å². The number of carbonyl (C=O) groups excluding carboxylic acids is 4. The molecule has 2 unspecified atom stereocenters. The molecule has 0 aromatic heterocycles. The molecule has 0 amide bonds. The van der Waals surface area contributed by atoms with Crippen LogP contribution in [0.1, 0.15) is 363 Å². The van der Waals surface area contributed by atoms with Gasteiger partial charge < -0.3 is 33.8 Å².